The summed E-state index contributed by atoms with van der Waals surface area (Å²) in [6.45, 7) is 6.87. The van der Waals surface area contributed by atoms with Crippen molar-refractivity contribution >= 4 is 17.2 Å². The van der Waals surface area contributed by atoms with E-state index in [1.54, 1.807) is 16.8 Å². The Balaban J connectivity index is 1.59. The minimum Gasteiger partial charge on any atom is -0.337 e. The molecule has 1 aliphatic heterocycles. The van der Waals surface area contributed by atoms with Crippen LogP contribution in [0.2, 0.25) is 0 Å². The van der Waals surface area contributed by atoms with Gasteiger partial charge in [0.2, 0.25) is 0 Å². The van der Waals surface area contributed by atoms with E-state index >= 15 is 0 Å². The van der Waals surface area contributed by atoms with Crippen molar-refractivity contribution in [3.63, 3.8) is 0 Å². The number of rotatable bonds is 4. The normalized spacial score (nSPS) is 16.4. The van der Waals surface area contributed by atoms with E-state index in [1.165, 1.54) is 0 Å². The lowest BCUT2D eigenvalue weighted by Crippen LogP contribution is -2.39. The Hall–Kier alpha value is -1.69. The molecular weight excluding hydrogens is 296 g/mol. The first kappa shape index (κ1) is 15.2. The zero-order valence-electron chi connectivity index (χ0n) is 13.1. The maximum Gasteiger partial charge on any atom is 0.273 e. The SMILES string of the molecule is CC(C)c1scnc1C(=O)N1CCC(Cn2ccnc2)CC1. The Morgan fingerprint density at radius 1 is 1.41 bits per heavy atom. The molecular formula is C16H22N4OS. The third kappa shape index (κ3) is 3.21. The van der Waals surface area contributed by atoms with Crippen molar-refractivity contribution in [2.45, 2.75) is 39.2 Å². The van der Waals surface area contributed by atoms with Crippen molar-refractivity contribution in [2.24, 2.45) is 5.92 Å². The van der Waals surface area contributed by atoms with Gasteiger partial charge in [0.15, 0.2) is 0 Å². The number of hydrogen-bond acceptors (Lipinski definition) is 4. The maximum atomic E-state index is 12.7. The highest BCUT2D eigenvalue weighted by Crippen LogP contribution is 2.26. The van der Waals surface area contributed by atoms with E-state index in [9.17, 15) is 4.79 Å². The van der Waals surface area contributed by atoms with Gasteiger partial charge in [-0.05, 0) is 24.7 Å². The molecule has 1 fully saturated rings. The number of amides is 1. The van der Waals surface area contributed by atoms with Gasteiger partial charge in [0.05, 0.1) is 11.8 Å². The number of likely N-dealkylation sites (tertiary alicyclic amines) is 1. The van der Waals surface area contributed by atoms with E-state index in [1.807, 2.05) is 23.6 Å². The van der Waals surface area contributed by atoms with E-state index in [-0.39, 0.29) is 5.91 Å². The summed E-state index contributed by atoms with van der Waals surface area (Å²) >= 11 is 1.58. The summed E-state index contributed by atoms with van der Waals surface area (Å²) in [5, 5.41) is 0. The highest BCUT2D eigenvalue weighted by atomic mass is 32.1. The Kier molecular flexibility index (Phi) is 4.57. The second kappa shape index (κ2) is 6.60. The number of hydrogen-bond donors (Lipinski definition) is 0. The van der Waals surface area contributed by atoms with Crippen molar-refractivity contribution in [1.29, 1.82) is 0 Å². The van der Waals surface area contributed by atoms with Gasteiger partial charge >= 0.3 is 0 Å². The lowest BCUT2D eigenvalue weighted by molar-refractivity contribution is 0.0676. The van der Waals surface area contributed by atoms with Crippen LogP contribution in [0.3, 0.4) is 0 Å². The average Bonchev–Trinajstić information content (AvgIpc) is 3.18. The largest absolute Gasteiger partial charge is 0.337 e. The molecule has 1 saturated heterocycles. The maximum absolute atomic E-state index is 12.7. The molecule has 0 aromatic carbocycles. The number of carbonyl (C=O) groups is 1. The Morgan fingerprint density at radius 3 is 2.82 bits per heavy atom. The summed E-state index contributed by atoms with van der Waals surface area (Å²) < 4.78 is 2.12. The fourth-order valence-corrected chi connectivity index (χ4v) is 3.78. The summed E-state index contributed by atoms with van der Waals surface area (Å²) in [7, 11) is 0. The van der Waals surface area contributed by atoms with E-state index in [4.69, 9.17) is 0 Å². The van der Waals surface area contributed by atoms with Crippen molar-refractivity contribution in [3.8, 4) is 0 Å². The lowest BCUT2D eigenvalue weighted by atomic mass is 9.96. The first-order valence-electron chi connectivity index (χ1n) is 7.83. The molecule has 22 heavy (non-hydrogen) atoms. The van der Waals surface area contributed by atoms with Crippen molar-refractivity contribution in [1.82, 2.24) is 19.4 Å². The quantitative estimate of drug-likeness (QED) is 0.871. The molecule has 0 bridgehead atoms. The van der Waals surface area contributed by atoms with Crippen molar-refractivity contribution in [2.75, 3.05) is 13.1 Å². The van der Waals surface area contributed by atoms with E-state index in [0.717, 1.165) is 37.4 Å². The predicted molar refractivity (Wildman–Crippen MR) is 87.1 cm³/mol. The molecule has 0 aliphatic carbocycles. The molecule has 0 atom stereocenters. The molecule has 0 spiro atoms. The highest BCUT2D eigenvalue weighted by Gasteiger charge is 2.27. The fraction of sp³-hybridized carbons (Fsp3) is 0.562. The monoisotopic (exact) mass is 318 g/mol. The number of imidazole rings is 1. The number of carbonyl (C=O) groups excluding carboxylic acids is 1. The van der Waals surface area contributed by atoms with Crippen molar-refractivity contribution < 1.29 is 4.79 Å². The van der Waals surface area contributed by atoms with E-state index < -0.39 is 0 Å². The van der Waals surface area contributed by atoms with Crippen molar-refractivity contribution in [3.05, 3.63) is 34.8 Å². The van der Waals surface area contributed by atoms with E-state index in [0.29, 0.717) is 17.5 Å². The minimum atomic E-state index is 0.103. The average molecular weight is 318 g/mol. The zero-order valence-corrected chi connectivity index (χ0v) is 13.9. The summed E-state index contributed by atoms with van der Waals surface area (Å²) in [6.07, 6.45) is 7.77. The van der Waals surface area contributed by atoms with E-state index in [2.05, 4.69) is 28.4 Å². The standard InChI is InChI=1S/C16H22N4OS/c1-12(2)15-14(18-11-22-15)16(21)20-6-3-13(4-7-20)9-19-8-5-17-10-19/h5,8,10-13H,3-4,6-7,9H2,1-2H3. The minimum absolute atomic E-state index is 0.103. The molecule has 0 N–H and O–H groups in total. The molecule has 118 valence electrons. The molecule has 2 aromatic rings. The summed E-state index contributed by atoms with van der Waals surface area (Å²) in [6, 6.07) is 0. The van der Waals surface area contributed by atoms with Gasteiger partial charge in [0, 0.05) is 36.9 Å². The Morgan fingerprint density at radius 2 is 2.18 bits per heavy atom. The molecule has 0 saturated carbocycles. The van der Waals surface area contributed by atoms with Crippen LogP contribution in [0.5, 0.6) is 0 Å². The molecule has 6 heteroatoms. The van der Waals surface area contributed by atoms with Crippen LogP contribution in [0, 0.1) is 5.92 Å². The predicted octanol–water partition coefficient (Wildman–Crippen LogP) is 3.02. The number of aromatic nitrogens is 3. The van der Waals surface area contributed by atoms with Crippen LogP contribution in [-0.4, -0.2) is 38.4 Å². The molecule has 3 rings (SSSR count). The van der Waals surface area contributed by atoms with Crippen LogP contribution < -0.4 is 0 Å². The van der Waals surface area contributed by atoms with Gasteiger partial charge in [-0.2, -0.15) is 0 Å². The third-order valence-electron chi connectivity index (χ3n) is 4.25. The van der Waals surface area contributed by atoms with Gasteiger partial charge in [0.1, 0.15) is 5.69 Å². The molecule has 3 heterocycles. The smallest absolute Gasteiger partial charge is 0.273 e. The summed E-state index contributed by atoms with van der Waals surface area (Å²) in [5.74, 6) is 1.08. The highest BCUT2D eigenvalue weighted by molar-refractivity contribution is 7.10. The fourth-order valence-electron chi connectivity index (χ4n) is 2.99. The van der Waals surface area contributed by atoms with Crippen LogP contribution >= 0.6 is 11.3 Å². The van der Waals surface area contributed by atoms with Crippen LogP contribution in [0.25, 0.3) is 0 Å². The molecule has 0 radical (unpaired) electrons. The molecule has 1 amide bonds. The van der Waals surface area contributed by atoms with Gasteiger partial charge in [-0.15, -0.1) is 11.3 Å². The van der Waals surface area contributed by atoms with Gasteiger partial charge in [-0.1, -0.05) is 13.8 Å². The lowest BCUT2D eigenvalue weighted by Gasteiger charge is -2.32. The first-order valence-corrected chi connectivity index (χ1v) is 8.71. The molecule has 0 unspecified atom stereocenters. The number of nitrogens with zero attached hydrogens (tertiary/aromatic N) is 4. The Labute approximate surface area is 135 Å². The summed E-state index contributed by atoms with van der Waals surface area (Å²) in [4.78, 5) is 24.1. The third-order valence-corrected chi connectivity index (χ3v) is 5.38. The van der Waals surface area contributed by atoms with Gasteiger partial charge < -0.3 is 9.47 Å². The van der Waals surface area contributed by atoms with Crippen LogP contribution in [0.4, 0.5) is 0 Å². The van der Waals surface area contributed by atoms with Gasteiger partial charge in [0.25, 0.3) is 5.91 Å². The summed E-state index contributed by atoms with van der Waals surface area (Å²) in [5.41, 5.74) is 2.45. The van der Waals surface area contributed by atoms with Crippen LogP contribution in [0.15, 0.2) is 24.2 Å². The molecule has 1 aliphatic rings. The van der Waals surface area contributed by atoms with Gasteiger partial charge in [-0.25, -0.2) is 9.97 Å². The zero-order chi connectivity index (χ0) is 15.5. The first-order chi connectivity index (χ1) is 10.6. The number of thiazole rings is 1. The second-order valence-electron chi connectivity index (χ2n) is 6.21. The number of piperidine rings is 1. The Bertz CT molecular complexity index is 612. The molecule has 5 nitrogen and oxygen atoms in total. The second-order valence-corrected chi connectivity index (χ2v) is 7.10. The van der Waals surface area contributed by atoms with Crippen LogP contribution in [0.1, 0.15) is 48.0 Å². The topological polar surface area (TPSA) is 51.0 Å². The molecule has 2 aromatic heterocycles. The van der Waals surface area contributed by atoms with Crippen LogP contribution in [-0.2, 0) is 6.54 Å². The van der Waals surface area contributed by atoms with Gasteiger partial charge in [-0.3, -0.25) is 4.79 Å².